The Morgan fingerprint density at radius 3 is 2.24 bits per heavy atom. The summed E-state index contributed by atoms with van der Waals surface area (Å²) >= 11 is 0. The number of hydrogen-bond donors (Lipinski definition) is 0. The summed E-state index contributed by atoms with van der Waals surface area (Å²) in [6.07, 6.45) is -6.53. The maximum absolute atomic E-state index is 13.4. The molecule has 1 aromatic rings. The molecule has 140 valence electrons. The monoisotopic (exact) mass is 399 g/mol. The van der Waals surface area contributed by atoms with Crippen molar-refractivity contribution >= 4 is 25.8 Å². The second kappa shape index (κ2) is 7.41. The Balaban J connectivity index is 1.97. The SMILES string of the molecule is O=C(OCc1ccccc1)N1CCC(CS(=O)(=O)Cl)(C(F)(F)F)CC1. The van der Waals surface area contributed by atoms with E-state index in [4.69, 9.17) is 15.4 Å². The van der Waals surface area contributed by atoms with E-state index in [9.17, 15) is 26.4 Å². The van der Waals surface area contributed by atoms with Crippen molar-refractivity contribution in [2.75, 3.05) is 18.8 Å². The standard InChI is InChI=1S/C15H17ClF3NO4S/c16-25(22,23)11-14(15(17,18)19)6-8-20(9-7-14)13(21)24-10-12-4-2-1-3-5-12/h1-5H,6-11H2. The van der Waals surface area contributed by atoms with Crippen LogP contribution in [0, 0.1) is 5.41 Å². The Hall–Kier alpha value is -1.48. The van der Waals surface area contributed by atoms with E-state index in [1.54, 1.807) is 30.3 Å². The van der Waals surface area contributed by atoms with E-state index < -0.39 is 45.3 Å². The molecule has 5 nitrogen and oxygen atoms in total. The number of likely N-dealkylation sites (tertiary alicyclic amines) is 1. The van der Waals surface area contributed by atoms with Crippen LogP contribution in [0.25, 0.3) is 0 Å². The summed E-state index contributed by atoms with van der Waals surface area (Å²) in [6, 6.07) is 8.85. The highest BCUT2D eigenvalue weighted by Gasteiger charge is 2.57. The van der Waals surface area contributed by atoms with Gasteiger partial charge in [0.25, 0.3) is 0 Å². The minimum atomic E-state index is -4.73. The molecule has 0 bridgehead atoms. The van der Waals surface area contributed by atoms with Crippen molar-refractivity contribution in [2.45, 2.75) is 25.6 Å². The van der Waals surface area contributed by atoms with E-state index >= 15 is 0 Å². The fourth-order valence-electron chi connectivity index (χ4n) is 2.77. The molecule has 0 unspecified atom stereocenters. The molecule has 1 aromatic carbocycles. The van der Waals surface area contributed by atoms with Crippen LogP contribution in [-0.2, 0) is 20.4 Å². The molecule has 0 aliphatic carbocycles. The first-order valence-corrected chi connectivity index (χ1v) is 9.95. The molecule has 0 saturated carbocycles. The van der Waals surface area contributed by atoms with Crippen LogP contribution in [-0.4, -0.2) is 44.4 Å². The Bertz CT molecular complexity index is 701. The molecule has 1 fully saturated rings. The average Bonchev–Trinajstić information content (AvgIpc) is 2.52. The first-order valence-electron chi connectivity index (χ1n) is 7.47. The molecule has 0 aromatic heterocycles. The summed E-state index contributed by atoms with van der Waals surface area (Å²) < 4.78 is 67.6. The molecule has 2 rings (SSSR count). The number of rotatable bonds is 4. The topological polar surface area (TPSA) is 63.7 Å². The minimum Gasteiger partial charge on any atom is -0.445 e. The van der Waals surface area contributed by atoms with Crippen molar-refractivity contribution in [3.63, 3.8) is 0 Å². The van der Waals surface area contributed by atoms with E-state index in [0.717, 1.165) is 10.5 Å². The summed E-state index contributed by atoms with van der Waals surface area (Å²) in [7, 11) is 0.714. The maximum Gasteiger partial charge on any atom is 0.410 e. The third-order valence-electron chi connectivity index (χ3n) is 4.23. The molecule has 1 aliphatic heterocycles. The number of halogens is 4. The van der Waals surface area contributed by atoms with Crippen molar-refractivity contribution in [3.05, 3.63) is 35.9 Å². The molecule has 25 heavy (non-hydrogen) atoms. The van der Waals surface area contributed by atoms with E-state index in [-0.39, 0.29) is 19.7 Å². The van der Waals surface area contributed by atoms with Crippen molar-refractivity contribution in [3.8, 4) is 0 Å². The zero-order chi connectivity index (χ0) is 18.7. The summed E-state index contributed by atoms with van der Waals surface area (Å²) in [5.74, 6) is -1.20. The van der Waals surface area contributed by atoms with Gasteiger partial charge in [-0.15, -0.1) is 0 Å². The molecule has 1 aliphatic rings. The number of alkyl halides is 3. The van der Waals surface area contributed by atoms with Crippen LogP contribution in [0.15, 0.2) is 30.3 Å². The second-order valence-corrected chi connectivity index (χ2v) is 8.77. The molecule has 0 N–H and O–H groups in total. The smallest absolute Gasteiger partial charge is 0.410 e. The lowest BCUT2D eigenvalue weighted by molar-refractivity contribution is -0.228. The number of carbonyl (C=O) groups excluding carboxylic acids is 1. The van der Waals surface area contributed by atoms with Crippen molar-refractivity contribution in [1.82, 2.24) is 4.90 Å². The third kappa shape index (κ3) is 5.24. The van der Waals surface area contributed by atoms with Crippen LogP contribution in [0.2, 0.25) is 0 Å². The van der Waals surface area contributed by atoms with Crippen LogP contribution >= 0.6 is 10.7 Å². The fourth-order valence-corrected chi connectivity index (χ4v) is 4.51. The Labute approximate surface area is 148 Å². The molecule has 0 atom stereocenters. The molecule has 1 amide bonds. The summed E-state index contributed by atoms with van der Waals surface area (Å²) in [4.78, 5) is 13.1. The largest absolute Gasteiger partial charge is 0.445 e. The van der Waals surface area contributed by atoms with E-state index in [2.05, 4.69) is 0 Å². The molecular weight excluding hydrogens is 383 g/mol. The van der Waals surface area contributed by atoms with Gasteiger partial charge in [-0.3, -0.25) is 0 Å². The van der Waals surface area contributed by atoms with Gasteiger partial charge in [-0.25, -0.2) is 13.2 Å². The predicted octanol–water partition coefficient (Wildman–Crippen LogP) is 3.54. The average molecular weight is 400 g/mol. The van der Waals surface area contributed by atoms with Crippen LogP contribution in [0.1, 0.15) is 18.4 Å². The lowest BCUT2D eigenvalue weighted by Gasteiger charge is -2.41. The number of amides is 1. The zero-order valence-electron chi connectivity index (χ0n) is 13.1. The molecule has 1 heterocycles. The van der Waals surface area contributed by atoms with Crippen molar-refractivity contribution in [1.29, 1.82) is 0 Å². The third-order valence-corrected chi connectivity index (χ3v) is 5.46. The number of nitrogens with zero attached hydrogens (tertiary/aromatic N) is 1. The molecule has 0 spiro atoms. The Morgan fingerprint density at radius 1 is 1.20 bits per heavy atom. The van der Waals surface area contributed by atoms with Gasteiger partial charge in [0.1, 0.15) is 6.61 Å². The van der Waals surface area contributed by atoms with Gasteiger partial charge in [0.2, 0.25) is 9.05 Å². The highest BCUT2D eigenvalue weighted by molar-refractivity contribution is 8.13. The van der Waals surface area contributed by atoms with Gasteiger partial charge >= 0.3 is 12.3 Å². The van der Waals surface area contributed by atoms with Gasteiger partial charge in [0, 0.05) is 23.8 Å². The first-order chi connectivity index (χ1) is 11.5. The van der Waals surface area contributed by atoms with Gasteiger partial charge in [-0.2, -0.15) is 13.2 Å². The second-order valence-electron chi connectivity index (χ2n) is 5.99. The number of piperidine rings is 1. The summed E-state index contributed by atoms with van der Waals surface area (Å²) in [6.45, 7) is -0.490. The van der Waals surface area contributed by atoms with Crippen LogP contribution < -0.4 is 0 Å². The number of hydrogen-bond acceptors (Lipinski definition) is 4. The first kappa shape index (κ1) is 19.8. The number of carbonyl (C=O) groups is 1. The van der Waals surface area contributed by atoms with Crippen LogP contribution in [0.4, 0.5) is 18.0 Å². The highest BCUT2D eigenvalue weighted by atomic mass is 35.7. The molecule has 0 radical (unpaired) electrons. The Morgan fingerprint density at radius 2 is 1.76 bits per heavy atom. The lowest BCUT2D eigenvalue weighted by atomic mass is 9.79. The van der Waals surface area contributed by atoms with Gasteiger partial charge in [0.05, 0.1) is 11.2 Å². The van der Waals surface area contributed by atoms with Crippen molar-refractivity contribution < 1.29 is 31.1 Å². The van der Waals surface area contributed by atoms with Crippen LogP contribution in [0.5, 0.6) is 0 Å². The van der Waals surface area contributed by atoms with E-state index in [1.807, 2.05) is 0 Å². The molecule has 1 saturated heterocycles. The number of ether oxygens (including phenoxy) is 1. The maximum atomic E-state index is 13.4. The van der Waals surface area contributed by atoms with Gasteiger partial charge in [0.15, 0.2) is 0 Å². The Kier molecular flexibility index (Phi) is 5.88. The number of benzene rings is 1. The van der Waals surface area contributed by atoms with Gasteiger partial charge in [-0.1, -0.05) is 30.3 Å². The van der Waals surface area contributed by atoms with Gasteiger partial charge in [-0.05, 0) is 18.4 Å². The van der Waals surface area contributed by atoms with Crippen molar-refractivity contribution in [2.24, 2.45) is 5.41 Å². The fraction of sp³-hybridized carbons (Fsp3) is 0.533. The zero-order valence-corrected chi connectivity index (χ0v) is 14.7. The van der Waals surface area contributed by atoms with Gasteiger partial charge < -0.3 is 9.64 Å². The molecular formula is C15H17ClF3NO4S. The van der Waals surface area contributed by atoms with E-state index in [1.165, 1.54) is 0 Å². The van der Waals surface area contributed by atoms with Crippen LogP contribution in [0.3, 0.4) is 0 Å². The van der Waals surface area contributed by atoms with E-state index in [0.29, 0.717) is 0 Å². The lowest BCUT2D eigenvalue weighted by Crippen LogP contribution is -2.52. The normalized spacial score (nSPS) is 18.0. The predicted molar refractivity (Wildman–Crippen MR) is 85.6 cm³/mol. The highest BCUT2D eigenvalue weighted by Crippen LogP contribution is 2.47. The quantitative estimate of drug-likeness (QED) is 0.726. The summed E-state index contributed by atoms with van der Waals surface area (Å²) in [5.41, 5.74) is -1.69. The molecule has 10 heteroatoms. The summed E-state index contributed by atoms with van der Waals surface area (Å²) in [5, 5.41) is 0. The minimum absolute atomic E-state index is 0.0106.